The summed E-state index contributed by atoms with van der Waals surface area (Å²) in [4.78, 5) is 12.4. The first kappa shape index (κ1) is 16.6. The fraction of sp³-hybridized carbons (Fsp3) is 0.385. The van der Waals surface area contributed by atoms with Gasteiger partial charge in [-0.05, 0) is 29.0 Å². The molecule has 0 unspecified atom stereocenters. The average Bonchev–Trinajstić information content (AvgIpc) is 2.77. The van der Waals surface area contributed by atoms with Gasteiger partial charge in [0.05, 0.1) is 22.6 Å². The van der Waals surface area contributed by atoms with Crippen molar-refractivity contribution in [3.63, 3.8) is 0 Å². The molecule has 0 fully saturated rings. The van der Waals surface area contributed by atoms with Crippen LogP contribution in [0.25, 0.3) is 0 Å². The Bertz CT molecular complexity index is 777. The van der Waals surface area contributed by atoms with Crippen molar-refractivity contribution in [2.24, 2.45) is 7.05 Å². The number of amides is 1. The molecule has 2 heterocycles. The summed E-state index contributed by atoms with van der Waals surface area (Å²) in [7, 11) is 1.52. The quantitative estimate of drug-likeness (QED) is 0.886. The first-order valence-corrected chi connectivity index (χ1v) is 7.90. The summed E-state index contributed by atoms with van der Waals surface area (Å²) in [5, 5.41) is 13.0. The molecule has 1 aromatic carbocycles. The molecule has 0 bridgehead atoms. The zero-order valence-corrected chi connectivity index (χ0v) is 13.2. The second-order valence-electron chi connectivity index (χ2n) is 4.95. The minimum Gasteiger partial charge on any atom is -0.492 e. The summed E-state index contributed by atoms with van der Waals surface area (Å²) in [6.07, 6.45) is -3.93. The lowest BCUT2D eigenvalue weighted by atomic mass is 10.1. The van der Waals surface area contributed by atoms with Crippen LogP contribution in [0.3, 0.4) is 0 Å². The van der Waals surface area contributed by atoms with E-state index in [1.807, 2.05) is 0 Å². The van der Waals surface area contributed by atoms with E-state index in [9.17, 15) is 18.0 Å². The number of rotatable bonds is 2. The Labute approximate surface area is 138 Å². The normalized spacial score (nSPS) is 14.5. The summed E-state index contributed by atoms with van der Waals surface area (Å²) in [6.45, 7) is 0.243. The molecule has 0 saturated heterocycles. The van der Waals surface area contributed by atoms with E-state index in [0.29, 0.717) is 12.2 Å². The second-order valence-corrected chi connectivity index (χ2v) is 6.05. The number of nitrogens with one attached hydrogen (secondary N) is 1. The topological polar surface area (TPSA) is 81.9 Å². The van der Waals surface area contributed by atoms with E-state index in [-0.39, 0.29) is 28.8 Å². The summed E-state index contributed by atoms with van der Waals surface area (Å²) in [5.41, 5.74) is -0.795. The van der Waals surface area contributed by atoms with Crippen LogP contribution < -0.4 is 10.1 Å². The fourth-order valence-electron chi connectivity index (χ4n) is 2.16. The lowest BCUT2D eigenvalue weighted by molar-refractivity contribution is -0.139. The number of anilines is 1. The number of alkyl halides is 3. The monoisotopic (exact) mass is 359 g/mol. The number of fused-ring (bicyclic) bond motifs is 1. The maximum atomic E-state index is 13.2. The van der Waals surface area contributed by atoms with Crippen molar-refractivity contribution in [1.82, 2.24) is 20.2 Å². The minimum atomic E-state index is -4.52. The third-order valence-electron chi connectivity index (χ3n) is 3.29. The Morgan fingerprint density at radius 2 is 2.21 bits per heavy atom. The number of aromatic nitrogens is 4. The number of carbonyl (C=O) groups is 1. The van der Waals surface area contributed by atoms with Gasteiger partial charge in [0, 0.05) is 12.8 Å². The number of hydrogen-bond acceptors (Lipinski definition) is 6. The van der Waals surface area contributed by atoms with Gasteiger partial charge in [-0.3, -0.25) is 10.1 Å². The predicted molar refractivity (Wildman–Crippen MR) is 79.0 cm³/mol. The van der Waals surface area contributed by atoms with Crippen LogP contribution in [0.5, 0.6) is 5.75 Å². The van der Waals surface area contributed by atoms with Crippen LogP contribution in [0.2, 0.25) is 0 Å². The highest BCUT2D eigenvalue weighted by molar-refractivity contribution is 7.99. The molecule has 128 valence electrons. The van der Waals surface area contributed by atoms with Crippen LogP contribution in [0.1, 0.15) is 22.3 Å². The molecule has 2 aromatic rings. The predicted octanol–water partition coefficient (Wildman–Crippen LogP) is 2.36. The van der Waals surface area contributed by atoms with Crippen LogP contribution in [0.15, 0.2) is 17.0 Å². The third-order valence-corrected chi connectivity index (χ3v) is 4.48. The van der Waals surface area contributed by atoms with Gasteiger partial charge >= 0.3 is 6.18 Å². The van der Waals surface area contributed by atoms with E-state index < -0.39 is 17.6 Å². The van der Waals surface area contributed by atoms with Crippen LogP contribution in [0.4, 0.5) is 19.1 Å². The molecular formula is C13H12F3N5O2S. The lowest BCUT2D eigenvalue weighted by Crippen LogP contribution is -2.18. The molecule has 0 saturated carbocycles. The van der Waals surface area contributed by atoms with Crippen molar-refractivity contribution in [1.29, 1.82) is 0 Å². The van der Waals surface area contributed by atoms with E-state index in [4.69, 9.17) is 4.74 Å². The molecule has 11 heteroatoms. The highest BCUT2D eigenvalue weighted by Gasteiger charge is 2.37. The zero-order chi connectivity index (χ0) is 17.3. The molecule has 0 spiro atoms. The van der Waals surface area contributed by atoms with Crippen LogP contribution in [-0.4, -0.2) is 38.5 Å². The van der Waals surface area contributed by atoms with Gasteiger partial charge in [0.25, 0.3) is 5.91 Å². The minimum absolute atomic E-state index is 0.00963. The highest BCUT2D eigenvalue weighted by Crippen LogP contribution is 2.44. The molecule has 3 rings (SSSR count). The molecule has 1 amide bonds. The molecule has 7 nitrogen and oxygen atoms in total. The summed E-state index contributed by atoms with van der Waals surface area (Å²) in [5.74, 6) is -0.135. The van der Waals surface area contributed by atoms with Gasteiger partial charge in [0.1, 0.15) is 5.75 Å². The second kappa shape index (κ2) is 6.30. The van der Waals surface area contributed by atoms with Gasteiger partial charge in [-0.25, -0.2) is 4.68 Å². The van der Waals surface area contributed by atoms with Gasteiger partial charge in [-0.15, -0.1) is 11.8 Å². The number of ether oxygens (including phenoxy) is 1. The largest absolute Gasteiger partial charge is 0.492 e. The average molecular weight is 359 g/mol. The van der Waals surface area contributed by atoms with Gasteiger partial charge < -0.3 is 4.74 Å². The molecule has 1 aliphatic rings. The molecule has 0 atom stereocenters. The van der Waals surface area contributed by atoms with E-state index in [2.05, 4.69) is 20.8 Å². The van der Waals surface area contributed by atoms with Crippen molar-refractivity contribution in [2.45, 2.75) is 17.5 Å². The molecule has 24 heavy (non-hydrogen) atoms. The van der Waals surface area contributed by atoms with Crippen molar-refractivity contribution in [2.75, 3.05) is 17.7 Å². The number of halogens is 3. The third kappa shape index (κ3) is 3.16. The SMILES string of the molecule is Cn1nnnc1NC(=O)c1ccc(C(F)(F)F)c2c1OCCCS2. The van der Waals surface area contributed by atoms with E-state index in [1.165, 1.54) is 11.7 Å². The van der Waals surface area contributed by atoms with Crippen molar-refractivity contribution >= 4 is 23.6 Å². The van der Waals surface area contributed by atoms with Crippen LogP contribution >= 0.6 is 11.8 Å². The Hall–Kier alpha value is -2.30. The molecular weight excluding hydrogens is 347 g/mol. The van der Waals surface area contributed by atoms with E-state index >= 15 is 0 Å². The number of nitrogens with zero attached hydrogens (tertiary/aromatic N) is 4. The summed E-state index contributed by atoms with van der Waals surface area (Å²) < 4.78 is 46.3. The summed E-state index contributed by atoms with van der Waals surface area (Å²) in [6, 6.07) is 2.00. The Morgan fingerprint density at radius 3 is 2.88 bits per heavy atom. The number of thioether (sulfide) groups is 1. The Kier molecular flexibility index (Phi) is 4.35. The fourth-order valence-corrected chi connectivity index (χ4v) is 3.27. The molecule has 1 aliphatic heterocycles. The highest BCUT2D eigenvalue weighted by atomic mass is 32.2. The van der Waals surface area contributed by atoms with Crippen molar-refractivity contribution in [3.05, 3.63) is 23.3 Å². The smallest absolute Gasteiger partial charge is 0.417 e. The van der Waals surface area contributed by atoms with Gasteiger partial charge in [-0.1, -0.05) is 5.10 Å². The van der Waals surface area contributed by atoms with Gasteiger partial charge in [0.15, 0.2) is 0 Å². The van der Waals surface area contributed by atoms with Crippen molar-refractivity contribution < 1.29 is 22.7 Å². The van der Waals surface area contributed by atoms with Gasteiger partial charge in [-0.2, -0.15) is 13.2 Å². The molecule has 1 aromatic heterocycles. The number of tetrazole rings is 1. The molecule has 0 aliphatic carbocycles. The van der Waals surface area contributed by atoms with Crippen LogP contribution in [0, 0.1) is 0 Å². The lowest BCUT2D eigenvalue weighted by Gasteiger charge is -2.17. The number of carbonyl (C=O) groups excluding carboxylic acids is 1. The maximum absolute atomic E-state index is 13.2. The number of aryl methyl sites for hydroxylation is 1. The van der Waals surface area contributed by atoms with Crippen LogP contribution in [-0.2, 0) is 13.2 Å². The van der Waals surface area contributed by atoms with E-state index in [0.717, 1.165) is 23.9 Å². The standard InChI is InChI=1S/C13H12F3N5O2S/c1-21-12(18-19-20-21)17-11(22)7-3-4-8(13(14,15)16)10-9(7)23-5-2-6-24-10/h3-4H,2,5-6H2,1H3,(H,17,18,20,22). The number of benzene rings is 1. The summed E-state index contributed by atoms with van der Waals surface area (Å²) >= 11 is 1.04. The molecule has 0 radical (unpaired) electrons. The first-order chi connectivity index (χ1) is 11.4. The molecule has 1 N–H and O–H groups in total. The first-order valence-electron chi connectivity index (χ1n) is 6.91. The zero-order valence-electron chi connectivity index (χ0n) is 12.4. The van der Waals surface area contributed by atoms with Gasteiger partial charge in [0.2, 0.25) is 5.95 Å². The Morgan fingerprint density at radius 1 is 1.42 bits per heavy atom. The Balaban J connectivity index is 2.02. The van der Waals surface area contributed by atoms with Crippen molar-refractivity contribution in [3.8, 4) is 5.75 Å². The maximum Gasteiger partial charge on any atom is 0.417 e. The number of hydrogen-bond donors (Lipinski definition) is 1. The van der Waals surface area contributed by atoms with E-state index in [1.54, 1.807) is 0 Å².